The van der Waals surface area contributed by atoms with Gasteiger partial charge in [0.1, 0.15) is 18.0 Å². The first-order valence-corrected chi connectivity index (χ1v) is 13.1. The molecule has 3 aromatic carbocycles. The van der Waals surface area contributed by atoms with Gasteiger partial charge in [-0.25, -0.2) is 18.3 Å². The van der Waals surface area contributed by atoms with Crippen molar-refractivity contribution >= 4 is 45.6 Å². The smallest absolute Gasteiger partial charge is 0.341 e. The summed E-state index contributed by atoms with van der Waals surface area (Å²) in [6, 6.07) is 11.0. The first-order valence-electron chi connectivity index (χ1n) is 12.7. The van der Waals surface area contributed by atoms with E-state index in [4.69, 9.17) is 11.6 Å². The highest BCUT2D eigenvalue weighted by Crippen LogP contribution is 2.44. The second kappa shape index (κ2) is 9.49. The number of anilines is 2. The largest absolute Gasteiger partial charge is 0.418 e. The molecule has 4 heterocycles. The van der Waals surface area contributed by atoms with E-state index in [2.05, 4.69) is 25.8 Å². The lowest BCUT2D eigenvalue weighted by molar-refractivity contribution is -0.136. The molecule has 0 fully saturated rings. The average Bonchev–Trinajstić information content (AvgIpc) is 3.64. The Morgan fingerprint density at radius 2 is 1.81 bits per heavy atom. The molecule has 0 saturated heterocycles. The zero-order chi connectivity index (χ0) is 30.2. The molecule has 1 amide bonds. The number of hydrogen-bond donors (Lipinski definition) is 2. The monoisotopic (exact) mass is 609 g/mol. The van der Waals surface area contributed by atoms with Gasteiger partial charge < -0.3 is 10.6 Å². The number of carbonyl (C=O) groups excluding carboxylic acids is 1. The number of aryl methyl sites for hydroxylation is 1. The minimum Gasteiger partial charge on any atom is -0.341 e. The molecule has 0 radical (unpaired) electrons. The highest BCUT2D eigenvalue weighted by atomic mass is 35.5. The van der Waals surface area contributed by atoms with Gasteiger partial charge in [0.2, 0.25) is 0 Å². The van der Waals surface area contributed by atoms with Crippen LogP contribution in [0, 0.1) is 11.6 Å². The molecule has 216 valence electrons. The lowest BCUT2D eigenvalue weighted by Gasteiger charge is -2.19. The first kappa shape index (κ1) is 26.8. The number of hydrogen-bond acceptors (Lipinski definition) is 5. The van der Waals surface area contributed by atoms with E-state index in [1.54, 1.807) is 35.0 Å². The Morgan fingerprint density at radius 3 is 2.60 bits per heavy atom. The zero-order valence-corrected chi connectivity index (χ0v) is 22.6. The lowest BCUT2D eigenvalue weighted by atomic mass is 9.93. The lowest BCUT2D eigenvalue weighted by Crippen LogP contribution is -2.20. The maximum Gasteiger partial charge on any atom is 0.418 e. The van der Waals surface area contributed by atoms with E-state index in [0.717, 1.165) is 10.7 Å². The molecule has 0 bridgehead atoms. The molecule has 43 heavy (non-hydrogen) atoms. The number of carbonyl (C=O) groups is 1. The molecule has 2 N–H and O–H groups in total. The molecule has 1 aliphatic heterocycles. The summed E-state index contributed by atoms with van der Waals surface area (Å²) < 4.78 is 72.9. The molecule has 7 rings (SSSR count). The Labute approximate surface area is 243 Å². The average molecular weight is 610 g/mol. The van der Waals surface area contributed by atoms with Gasteiger partial charge in [-0.3, -0.25) is 9.48 Å². The molecule has 3 aromatic heterocycles. The third-order valence-electron chi connectivity index (χ3n) is 7.33. The van der Waals surface area contributed by atoms with Gasteiger partial charge in [-0.05, 0) is 60.2 Å². The summed E-state index contributed by atoms with van der Waals surface area (Å²) in [4.78, 5) is 17.5. The molecule has 14 heteroatoms. The van der Waals surface area contributed by atoms with E-state index in [1.165, 1.54) is 31.6 Å². The number of benzene rings is 3. The van der Waals surface area contributed by atoms with E-state index in [1.807, 2.05) is 0 Å². The van der Waals surface area contributed by atoms with Crippen LogP contribution in [0.4, 0.5) is 33.5 Å². The van der Waals surface area contributed by atoms with Crippen molar-refractivity contribution in [3.63, 3.8) is 0 Å². The number of nitrogens with one attached hydrogen (secondary N) is 2. The number of halogens is 6. The summed E-state index contributed by atoms with van der Waals surface area (Å²) in [7, 11) is 1.31. The van der Waals surface area contributed by atoms with Crippen molar-refractivity contribution in [2.45, 2.75) is 12.2 Å². The summed E-state index contributed by atoms with van der Waals surface area (Å²) in [6.45, 7) is 0. The molecule has 0 aliphatic carbocycles. The Hall–Kier alpha value is -5.04. The highest BCUT2D eigenvalue weighted by molar-refractivity contribution is 6.31. The molecule has 6 aromatic rings. The van der Waals surface area contributed by atoms with Gasteiger partial charge >= 0.3 is 6.18 Å². The van der Waals surface area contributed by atoms with Gasteiger partial charge in [0.15, 0.2) is 11.5 Å². The van der Waals surface area contributed by atoms with Gasteiger partial charge in [-0.1, -0.05) is 11.6 Å². The zero-order valence-electron chi connectivity index (χ0n) is 21.8. The van der Waals surface area contributed by atoms with Crippen LogP contribution in [0.15, 0.2) is 67.1 Å². The molecule has 0 saturated carbocycles. The van der Waals surface area contributed by atoms with Crippen LogP contribution >= 0.6 is 11.6 Å². The van der Waals surface area contributed by atoms with E-state index in [-0.39, 0.29) is 38.6 Å². The van der Waals surface area contributed by atoms with Crippen molar-refractivity contribution < 1.29 is 26.7 Å². The Morgan fingerprint density at radius 1 is 1.00 bits per heavy atom. The van der Waals surface area contributed by atoms with Gasteiger partial charge in [0.05, 0.1) is 17.1 Å². The molecule has 0 spiro atoms. The number of rotatable bonds is 4. The van der Waals surface area contributed by atoms with Gasteiger partial charge in [0.25, 0.3) is 5.91 Å². The van der Waals surface area contributed by atoms with Crippen molar-refractivity contribution in [1.82, 2.24) is 29.7 Å². The molecular weight excluding hydrogens is 593 g/mol. The summed E-state index contributed by atoms with van der Waals surface area (Å²) >= 11 is 6.42. The Kier molecular flexibility index (Phi) is 5.92. The van der Waals surface area contributed by atoms with Crippen LogP contribution in [0.3, 0.4) is 0 Å². The molecule has 1 aliphatic rings. The first-order chi connectivity index (χ1) is 20.5. The van der Waals surface area contributed by atoms with Crippen LogP contribution in [0.2, 0.25) is 5.02 Å². The summed E-state index contributed by atoms with van der Waals surface area (Å²) in [5.41, 5.74) is 1.34. The van der Waals surface area contributed by atoms with Crippen molar-refractivity contribution in [3.8, 4) is 11.1 Å². The van der Waals surface area contributed by atoms with Crippen molar-refractivity contribution in [3.05, 3.63) is 106 Å². The fourth-order valence-corrected chi connectivity index (χ4v) is 5.70. The van der Waals surface area contributed by atoms with E-state index in [9.17, 15) is 26.7 Å². The third-order valence-corrected chi connectivity index (χ3v) is 7.67. The normalized spacial score (nSPS) is 14.9. The van der Waals surface area contributed by atoms with Gasteiger partial charge in [0, 0.05) is 51.6 Å². The van der Waals surface area contributed by atoms with Crippen LogP contribution in [0.25, 0.3) is 27.7 Å². The number of amides is 1. The Bertz CT molecular complexity index is 2120. The quantitative estimate of drug-likeness (QED) is 0.214. The van der Waals surface area contributed by atoms with Crippen LogP contribution in [-0.2, 0) is 13.2 Å². The van der Waals surface area contributed by atoms with Crippen LogP contribution < -0.4 is 10.6 Å². The summed E-state index contributed by atoms with van der Waals surface area (Å²) in [5.74, 6) is -2.25. The van der Waals surface area contributed by atoms with Gasteiger partial charge in [-0.15, -0.1) is 0 Å². The van der Waals surface area contributed by atoms with Crippen molar-refractivity contribution in [1.29, 1.82) is 0 Å². The highest BCUT2D eigenvalue weighted by Gasteiger charge is 2.37. The van der Waals surface area contributed by atoms with Crippen LogP contribution in [0.5, 0.6) is 0 Å². The second-order valence-electron chi connectivity index (χ2n) is 9.98. The SMILES string of the molecule is Cn1nc(Nc2cc(-c3ccc4ncnn4c3)cc3c2C(c2cc(F)ccc2Cl)NC3=O)c2cc(F)cc(C(F)(F)F)c21. The number of fused-ring (bicyclic) bond motifs is 3. The second-order valence-corrected chi connectivity index (χ2v) is 10.4. The molecule has 8 nitrogen and oxygen atoms in total. The van der Waals surface area contributed by atoms with Crippen molar-refractivity contribution in [2.24, 2.45) is 7.05 Å². The van der Waals surface area contributed by atoms with Crippen LogP contribution in [0.1, 0.15) is 33.1 Å². The molecule has 1 atom stereocenters. The van der Waals surface area contributed by atoms with Gasteiger partial charge in [-0.2, -0.15) is 23.4 Å². The fraction of sp³-hybridized carbons (Fsp3) is 0.103. The molecular formula is C29H17ClF5N7O. The number of nitrogens with zero attached hydrogens (tertiary/aromatic N) is 5. The number of alkyl halides is 3. The minimum atomic E-state index is -4.85. The summed E-state index contributed by atoms with van der Waals surface area (Å²) in [5, 5.41) is 14.3. The topological polar surface area (TPSA) is 89.1 Å². The maximum atomic E-state index is 14.5. The number of aromatic nitrogens is 5. The van der Waals surface area contributed by atoms with E-state index in [0.29, 0.717) is 28.4 Å². The number of pyridine rings is 1. The summed E-state index contributed by atoms with van der Waals surface area (Å²) in [6.07, 6.45) is -1.76. The molecule has 1 unspecified atom stereocenters. The Balaban J connectivity index is 1.46. The minimum absolute atomic E-state index is 0.0861. The predicted octanol–water partition coefficient (Wildman–Crippen LogP) is 6.81. The maximum absolute atomic E-state index is 14.5. The predicted molar refractivity (Wildman–Crippen MR) is 148 cm³/mol. The van der Waals surface area contributed by atoms with E-state index < -0.39 is 35.3 Å². The van der Waals surface area contributed by atoms with E-state index >= 15 is 0 Å². The fourth-order valence-electron chi connectivity index (χ4n) is 5.48. The standard InChI is InChI=1S/C29H17ClF5N7O/c1-41-26-19(9-16(32)10-20(26)29(33,34)35)27(40-41)38-22-7-14(13-2-5-23-36-12-37-42(23)11-13)6-18-24(22)25(39-28(18)43)17-8-15(31)3-4-21(17)30/h2-12,25H,1H3,(H,38,40)(H,39,43). The van der Waals surface area contributed by atoms with Crippen molar-refractivity contribution in [2.75, 3.05) is 5.32 Å². The third kappa shape index (κ3) is 4.43. The van der Waals surface area contributed by atoms with Crippen LogP contribution in [-0.4, -0.2) is 30.3 Å².